The molecule has 2 aromatic heterocycles. The first-order valence-electron chi connectivity index (χ1n) is 8.22. The normalized spacial score (nSPS) is 17.8. The van der Waals surface area contributed by atoms with E-state index in [2.05, 4.69) is 20.1 Å². The maximum absolute atomic E-state index is 14.4. The highest BCUT2D eigenvalue weighted by Crippen LogP contribution is 2.22. The van der Waals surface area contributed by atoms with Crippen LogP contribution in [0.4, 0.5) is 4.39 Å². The van der Waals surface area contributed by atoms with Crippen LogP contribution in [-0.4, -0.2) is 48.6 Å². The fourth-order valence-corrected chi connectivity index (χ4v) is 3.31. The Morgan fingerprint density at radius 1 is 1.24 bits per heavy atom. The van der Waals surface area contributed by atoms with Crippen LogP contribution in [0.3, 0.4) is 0 Å². The third-order valence-electron chi connectivity index (χ3n) is 4.51. The van der Waals surface area contributed by atoms with Gasteiger partial charge < -0.3 is 4.90 Å². The number of piperidine rings is 1. The number of aromatic nitrogens is 5. The summed E-state index contributed by atoms with van der Waals surface area (Å²) in [5.74, 6) is -0.576. The number of benzene rings is 1. The standard InChI is InChI=1S/C17H17FN6O/c18-14-7-16-15(20-3-4-21-16)6-13(14)17(25)23-5-1-2-12(8-23)9-24-11-19-10-22-24/h3-4,6-7,10-12H,1-2,5,8-9H2/t12-/m1/s1. The molecule has 1 aliphatic rings. The third kappa shape index (κ3) is 3.19. The monoisotopic (exact) mass is 340 g/mol. The average Bonchev–Trinajstić information content (AvgIpc) is 3.14. The highest BCUT2D eigenvalue weighted by atomic mass is 19.1. The predicted octanol–water partition coefficient (Wildman–Crippen LogP) is 1.91. The lowest BCUT2D eigenvalue weighted by molar-refractivity contribution is 0.0655. The highest BCUT2D eigenvalue weighted by Gasteiger charge is 2.27. The summed E-state index contributed by atoms with van der Waals surface area (Å²) in [7, 11) is 0. The van der Waals surface area contributed by atoms with Gasteiger partial charge in [0.15, 0.2) is 0 Å². The highest BCUT2D eigenvalue weighted by molar-refractivity contribution is 5.97. The summed E-state index contributed by atoms with van der Waals surface area (Å²) in [6, 6.07) is 2.76. The Morgan fingerprint density at radius 2 is 2.04 bits per heavy atom. The van der Waals surface area contributed by atoms with E-state index in [1.807, 2.05) is 0 Å². The van der Waals surface area contributed by atoms with Crippen molar-refractivity contribution < 1.29 is 9.18 Å². The summed E-state index contributed by atoms with van der Waals surface area (Å²) < 4.78 is 16.2. The molecule has 1 saturated heterocycles. The average molecular weight is 340 g/mol. The maximum Gasteiger partial charge on any atom is 0.256 e. The Hall–Kier alpha value is -2.90. The molecule has 0 spiro atoms. The SMILES string of the molecule is O=C(c1cc2nccnc2cc1F)N1CCC[C@@H](Cn2cncn2)C1. The summed E-state index contributed by atoms with van der Waals surface area (Å²) in [6.07, 6.45) is 8.10. The van der Waals surface area contributed by atoms with Gasteiger partial charge in [-0.1, -0.05) is 0 Å². The fraction of sp³-hybridized carbons (Fsp3) is 0.353. The molecule has 25 heavy (non-hydrogen) atoms. The first kappa shape index (κ1) is 15.6. The topological polar surface area (TPSA) is 76.8 Å². The maximum atomic E-state index is 14.4. The molecule has 128 valence electrons. The van der Waals surface area contributed by atoms with Crippen molar-refractivity contribution in [3.05, 3.63) is 48.6 Å². The number of hydrogen-bond donors (Lipinski definition) is 0. The Bertz CT molecular complexity index is 897. The van der Waals surface area contributed by atoms with Crippen LogP contribution < -0.4 is 0 Å². The number of halogens is 1. The first-order chi connectivity index (χ1) is 12.2. The molecule has 1 aromatic carbocycles. The summed E-state index contributed by atoms with van der Waals surface area (Å²) >= 11 is 0. The molecule has 3 heterocycles. The molecular formula is C17H17FN6O. The van der Waals surface area contributed by atoms with Crippen molar-refractivity contribution in [2.45, 2.75) is 19.4 Å². The van der Waals surface area contributed by atoms with E-state index in [0.29, 0.717) is 30.7 Å². The molecule has 0 N–H and O–H groups in total. The van der Waals surface area contributed by atoms with E-state index in [9.17, 15) is 9.18 Å². The van der Waals surface area contributed by atoms with E-state index < -0.39 is 5.82 Å². The minimum absolute atomic E-state index is 0.0504. The van der Waals surface area contributed by atoms with Crippen LogP contribution in [0.25, 0.3) is 11.0 Å². The van der Waals surface area contributed by atoms with E-state index in [1.165, 1.54) is 30.9 Å². The molecule has 0 aliphatic carbocycles. The fourth-order valence-electron chi connectivity index (χ4n) is 3.31. The zero-order valence-electron chi connectivity index (χ0n) is 13.5. The molecule has 1 amide bonds. The second kappa shape index (κ2) is 6.54. The molecular weight excluding hydrogens is 323 g/mol. The molecule has 1 aliphatic heterocycles. The molecule has 0 radical (unpaired) electrons. The second-order valence-electron chi connectivity index (χ2n) is 6.25. The number of nitrogens with zero attached hydrogens (tertiary/aromatic N) is 6. The lowest BCUT2D eigenvalue weighted by atomic mass is 9.97. The van der Waals surface area contributed by atoms with Crippen LogP contribution in [0.1, 0.15) is 23.2 Å². The summed E-state index contributed by atoms with van der Waals surface area (Å²) in [5.41, 5.74) is 1.01. The van der Waals surface area contributed by atoms with Crippen molar-refractivity contribution >= 4 is 16.9 Å². The van der Waals surface area contributed by atoms with Gasteiger partial charge in [0.25, 0.3) is 5.91 Å². The van der Waals surface area contributed by atoms with E-state index in [0.717, 1.165) is 12.8 Å². The Morgan fingerprint density at radius 3 is 2.80 bits per heavy atom. The zero-order valence-corrected chi connectivity index (χ0v) is 13.5. The molecule has 0 unspecified atom stereocenters. The third-order valence-corrected chi connectivity index (χ3v) is 4.51. The van der Waals surface area contributed by atoms with Gasteiger partial charge in [-0.2, -0.15) is 5.10 Å². The van der Waals surface area contributed by atoms with Gasteiger partial charge in [0.1, 0.15) is 18.5 Å². The number of likely N-dealkylation sites (tertiary alicyclic amines) is 1. The Labute approximate surface area is 143 Å². The van der Waals surface area contributed by atoms with Gasteiger partial charge in [-0.15, -0.1) is 0 Å². The molecule has 1 atom stereocenters. The van der Waals surface area contributed by atoms with E-state index in [-0.39, 0.29) is 17.4 Å². The lowest BCUT2D eigenvalue weighted by Gasteiger charge is -2.32. The van der Waals surface area contributed by atoms with Gasteiger partial charge in [-0.25, -0.2) is 9.37 Å². The molecule has 0 saturated carbocycles. The quantitative estimate of drug-likeness (QED) is 0.728. The van der Waals surface area contributed by atoms with Crippen LogP contribution in [0, 0.1) is 11.7 Å². The number of rotatable bonds is 3. The van der Waals surface area contributed by atoms with Gasteiger partial charge >= 0.3 is 0 Å². The van der Waals surface area contributed by atoms with Crippen molar-refractivity contribution in [2.24, 2.45) is 5.92 Å². The van der Waals surface area contributed by atoms with Crippen molar-refractivity contribution in [1.29, 1.82) is 0 Å². The van der Waals surface area contributed by atoms with E-state index in [1.54, 1.807) is 15.9 Å². The lowest BCUT2D eigenvalue weighted by Crippen LogP contribution is -2.41. The molecule has 8 heteroatoms. The first-order valence-corrected chi connectivity index (χ1v) is 8.22. The van der Waals surface area contributed by atoms with Gasteiger partial charge in [-0.3, -0.25) is 19.4 Å². The van der Waals surface area contributed by atoms with Crippen LogP contribution >= 0.6 is 0 Å². The molecule has 1 fully saturated rings. The van der Waals surface area contributed by atoms with Gasteiger partial charge in [-0.05, 0) is 24.8 Å². The van der Waals surface area contributed by atoms with Crippen LogP contribution in [0.2, 0.25) is 0 Å². The van der Waals surface area contributed by atoms with Crippen LogP contribution in [-0.2, 0) is 6.54 Å². The summed E-state index contributed by atoms with van der Waals surface area (Å²) in [4.78, 5) is 26.7. The van der Waals surface area contributed by atoms with Crippen LogP contribution in [0.15, 0.2) is 37.2 Å². The van der Waals surface area contributed by atoms with Gasteiger partial charge in [0, 0.05) is 38.1 Å². The number of fused-ring (bicyclic) bond motifs is 1. The number of amides is 1. The predicted molar refractivity (Wildman–Crippen MR) is 88.1 cm³/mol. The summed E-state index contributed by atoms with van der Waals surface area (Å²) in [6.45, 7) is 1.91. The van der Waals surface area contributed by atoms with Gasteiger partial charge in [0.2, 0.25) is 0 Å². The molecule has 3 aromatic rings. The number of carbonyl (C=O) groups is 1. The van der Waals surface area contributed by atoms with Crippen molar-refractivity contribution in [3.8, 4) is 0 Å². The number of carbonyl (C=O) groups excluding carboxylic acids is 1. The number of hydrogen-bond acceptors (Lipinski definition) is 5. The van der Waals surface area contributed by atoms with Crippen molar-refractivity contribution in [2.75, 3.05) is 13.1 Å². The van der Waals surface area contributed by atoms with E-state index in [4.69, 9.17) is 0 Å². The minimum Gasteiger partial charge on any atom is -0.338 e. The molecule has 4 rings (SSSR count). The minimum atomic E-state index is -0.559. The van der Waals surface area contributed by atoms with Gasteiger partial charge in [0.05, 0.1) is 16.6 Å². The largest absolute Gasteiger partial charge is 0.338 e. The summed E-state index contributed by atoms with van der Waals surface area (Å²) in [5, 5.41) is 4.11. The second-order valence-corrected chi connectivity index (χ2v) is 6.25. The van der Waals surface area contributed by atoms with Crippen molar-refractivity contribution in [3.63, 3.8) is 0 Å². The zero-order chi connectivity index (χ0) is 17.2. The smallest absolute Gasteiger partial charge is 0.256 e. The van der Waals surface area contributed by atoms with E-state index >= 15 is 0 Å². The molecule has 7 nitrogen and oxygen atoms in total. The molecule has 0 bridgehead atoms. The Kier molecular flexibility index (Phi) is 4.09. The van der Waals surface area contributed by atoms with Crippen LogP contribution in [0.5, 0.6) is 0 Å². The Balaban J connectivity index is 1.54. The van der Waals surface area contributed by atoms with Crippen molar-refractivity contribution in [1.82, 2.24) is 29.6 Å².